The highest BCUT2D eigenvalue weighted by Gasteiger charge is 2.55. The molecule has 1 rings (SSSR count). The van der Waals surface area contributed by atoms with Gasteiger partial charge in [-0.3, -0.25) is 14.4 Å². The molecule has 6 heteroatoms. The van der Waals surface area contributed by atoms with Crippen molar-refractivity contribution in [3.63, 3.8) is 0 Å². The van der Waals surface area contributed by atoms with E-state index in [0.717, 1.165) is 26.4 Å². The molecule has 5 nitrogen and oxygen atoms in total. The summed E-state index contributed by atoms with van der Waals surface area (Å²) in [5, 5.41) is 0. The molecule has 1 fully saturated rings. The van der Waals surface area contributed by atoms with Gasteiger partial charge in [-0.1, -0.05) is 69.9 Å². The second kappa shape index (κ2) is 11.5. The molecule has 0 N–H and O–H groups in total. The summed E-state index contributed by atoms with van der Waals surface area (Å²) in [5.41, 5.74) is 0. The first-order valence-corrected chi connectivity index (χ1v) is 10.1. The third-order valence-corrected chi connectivity index (χ3v) is 5.58. The van der Waals surface area contributed by atoms with Crippen LogP contribution in [0.2, 0.25) is 0 Å². The van der Waals surface area contributed by atoms with Crippen molar-refractivity contribution in [3.8, 4) is 0 Å². The number of halogens is 1. The zero-order valence-electron chi connectivity index (χ0n) is 16.0. The number of alkyl halides is 1. The van der Waals surface area contributed by atoms with Crippen molar-refractivity contribution in [2.45, 2.75) is 88.8 Å². The van der Waals surface area contributed by atoms with Gasteiger partial charge in [-0.15, -0.1) is 0 Å². The molecule has 1 aliphatic carbocycles. The lowest BCUT2D eigenvalue weighted by atomic mass is 9.75. The van der Waals surface area contributed by atoms with Gasteiger partial charge in [-0.2, -0.15) is 0 Å². The molecule has 1 saturated carbocycles. The Kier molecular flexibility index (Phi) is 10.1. The van der Waals surface area contributed by atoms with Crippen LogP contribution in [0.1, 0.15) is 84.0 Å². The number of Topliss-reactive ketones (excluding diaryl/α,β-unsaturated/α-hetero) is 3. The van der Waals surface area contributed by atoms with E-state index in [1.165, 1.54) is 32.1 Å². The van der Waals surface area contributed by atoms with Crippen LogP contribution in [0.15, 0.2) is 0 Å². The highest BCUT2D eigenvalue weighted by Crippen LogP contribution is 2.35. The van der Waals surface area contributed by atoms with Crippen LogP contribution >= 0.6 is 11.6 Å². The minimum atomic E-state index is -1.90. The maximum Gasteiger partial charge on any atom is 0.334 e. The van der Waals surface area contributed by atoms with Gasteiger partial charge in [0.1, 0.15) is 5.92 Å². The minimum absolute atomic E-state index is 0.0570. The Bertz CT molecular complexity index is 516. The van der Waals surface area contributed by atoms with E-state index >= 15 is 0 Å². The minimum Gasteiger partial charge on any atom is -0.467 e. The standard InChI is InChI=1S/C20H31ClO5/c1-3-4-5-6-7-8-9-10-11-12-15(22)17-16(23)13-14-20(21,18(17)24)19(25)26-2/h17H,3-14H2,1-2H3/t17-,20+/m0/s1. The van der Waals surface area contributed by atoms with Gasteiger partial charge in [0, 0.05) is 12.8 Å². The van der Waals surface area contributed by atoms with Crippen LogP contribution in [0.4, 0.5) is 0 Å². The van der Waals surface area contributed by atoms with Crippen LogP contribution in [-0.2, 0) is 23.9 Å². The van der Waals surface area contributed by atoms with Crippen LogP contribution in [-0.4, -0.2) is 35.3 Å². The maximum atomic E-state index is 12.5. The zero-order chi connectivity index (χ0) is 19.6. The third-order valence-electron chi connectivity index (χ3n) is 5.05. The zero-order valence-corrected chi connectivity index (χ0v) is 16.7. The van der Waals surface area contributed by atoms with E-state index in [1.807, 2.05) is 0 Å². The summed E-state index contributed by atoms with van der Waals surface area (Å²) < 4.78 is 4.57. The Morgan fingerprint density at radius 1 is 1.04 bits per heavy atom. The van der Waals surface area contributed by atoms with Crippen molar-refractivity contribution in [1.82, 2.24) is 0 Å². The van der Waals surface area contributed by atoms with Crippen LogP contribution in [0.25, 0.3) is 0 Å². The molecule has 2 atom stereocenters. The number of ether oxygens (including phenoxy) is 1. The van der Waals surface area contributed by atoms with Gasteiger partial charge in [-0.25, -0.2) is 4.79 Å². The van der Waals surface area contributed by atoms with Gasteiger partial charge in [0.15, 0.2) is 17.3 Å². The number of carbonyl (C=O) groups is 4. The van der Waals surface area contributed by atoms with E-state index in [-0.39, 0.29) is 19.3 Å². The molecule has 0 aliphatic heterocycles. The Morgan fingerprint density at radius 3 is 2.12 bits per heavy atom. The number of ketones is 3. The van der Waals surface area contributed by atoms with Gasteiger partial charge >= 0.3 is 5.97 Å². The van der Waals surface area contributed by atoms with Crippen molar-refractivity contribution in [3.05, 3.63) is 0 Å². The highest BCUT2D eigenvalue weighted by molar-refractivity contribution is 6.49. The van der Waals surface area contributed by atoms with E-state index < -0.39 is 34.1 Å². The molecule has 0 saturated heterocycles. The van der Waals surface area contributed by atoms with Gasteiger partial charge < -0.3 is 4.74 Å². The number of hydrogen-bond acceptors (Lipinski definition) is 5. The Balaban J connectivity index is 2.39. The van der Waals surface area contributed by atoms with Gasteiger partial charge in [0.05, 0.1) is 7.11 Å². The molecular weight excluding hydrogens is 356 g/mol. The van der Waals surface area contributed by atoms with E-state index in [0.29, 0.717) is 6.42 Å². The molecular formula is C20H31ClO5. The molecule has 0 radical (unpaired) electrons. The van der Waals surface area contributed by atoms with Crippen molar-refractivity contribution in [1.29, 1.82) is 0 Å². The predicted octanol–water partition coefficient (Wildman–Crippen LogP) is 4.18. The van der Waals surface area contributed by atoms with Crippen molar-refractivity contribution in [2.24, 2.45) is 5.92 Å². The number of carbonyl (C=O) groups excluding carboxylic acids is 4. The van der Waals surface area contributed by atoms with Crippen molar-refractivity contribution >= 4 is 34.9 Å². The second-order valence-electron chi connectivity index (χ2n) is 7.10. The summed E-state index contributed by atoms with van der Waals surface area (Å²) in [4.78, 5) is 46.8. The monoisotopic (exact) mass is 386 g/mol. The Morgan fingerprint density at radius 2 is 1.58 bits per heavy atom. The van der Waals surface area contributed by atoms with Crippen LogP contribution in [0.5, 0.6) is 0 Å². The fraction of sp³-hybridized carbons (Fsp3) is 0.800. The number of hydrogen-bond donors (Lipinski definition) is 0. The smallest absolute Gasteiger partial charge is 0.334 e. The molecule has 0 aromatic rings. The van der Waals surface area contributed by atoms with E-state index in [4.69, 9.17) is 11.6 Å². The lowest BCUT2D eigenvalue weighted by molar-refractivity contribution is -0.153. The Labute approximate surface area is 161 Å². The fourth-order valence-electron chi connectivity index (χ4n) is 3.38. The van der Waals surface area contributed by atoms with E-state index in [9.17, 15) is 19.2 Å². The number of rotatable bonds is 12. The molecule has 26 heavy (non-hydrogen) atoms. The lowest BCUT2D eigenvalue weighted by Gasteiger charge is -2.30. The summed E-state index contributed by atoms with van der Waals surface area (Å²) >= 11 is 6.11. The molecule has 0 spiro atoms. The van der Waals surface area contributed by atoms with Crippen LogP contribution < -0.4 is 0 Å². The molecule has 148 valence electrons. The average molecular weight is 387 g/mol. The topological polar surface area (TPSA) is 77.5 Å². The summed E-state index contributed by atoms with van der Waals surface area (Å²) in [7, 11) is 1.13. The maximum absolute atomic E-state index is 12.5. The summed E-state index contributed by atoms with van der Waals surface area (Å²) in [6.07, 6.45) is 10.0. The molecule has 0 heterocycles. The van der Waals surface area contributed by atoms with Crippen LogP contribution in [0, 0.1) is 5.92 Å². The van der Waals surface area contributed by atoms with Crippen molar-refractivity contribution < 1.29 is 23.9 Å². The summed E-state index contributed by atoms with van der Waals surface area (Å²) in [5.74, 6) is -3.97. The van der Waals surface area contributed by atoms with E-state index in [2.05, 4.69) is 11.7 Å². The molecule has 0 aromatic heterocycles. The largest absolute Gasteiger partial charge is 0.467 e. The lowest BCUT2D eigenvalue weighted by Crippen LogP contribution is -2.53. The first-order chi connectivity index (χ1) is 12.4. The van der Waals surface area contributed by atoms with E-state index in [1.54, 1.807) is 0 Å². The first-order valence-electron chi connectivity index (χ1n) is 9.75. The third kappa shape index (κ3) is 6.19. The average Bonchev–Trinajstić information content (AvgIpc) is 2.63. The van der Waals surface area contributed by atoms with Crippen molar-refractivity contribution in [2.75, 3.05) is 7.11 Å². The molecule has 0 bridgehead atoms. The SMILES string of the molecule is CCCCCCCCCCCC(=O)[C@H]1C(=O)CC[C@](Cl)(C(=O)OC)C1=O. The van der Waals surface area contributed by atoms with Gasteiger partial charge in [0.2, 0.25) is 4.87 Å². The van der Waals surface area contributed by atoms with Gasteiger partial charge in [0.25, 0.3) is 0 Å². The second-order valence-corrected chi connectivity index (χ2v) is 7.75. The molecule has 0 unspecified atom stereocenters. The summed E-state index contributed by atoms with van der Waals surface area (Å²) in [6, 6.07) is 0. The molecule has 0 aromatic carbocycles. The normalized spacial score (nSPS) is 23.1. The molecule has 1 aliphatic rings. The fourth-order valence-corrected chi connectivity index (χ4v) is 3.66. The number of esters is 1. The highest BCUT2D eigenvalue weighted by atomic mass is 35.5. The predicted molar refractivity (Wildman–Crippen MR) is 100 cm³/mol. The van der Waals surface area contributed by atoms with Gasteiger partial charge in [-0.05, 0) is 12.8 Å². The first kappa shape index (κ1) is 22.8. The van der Waals surface area contributed by atoms with Crippen LogP contribution in [0.3, 0.4) is 0 Å². The quantitative estimate of drug-likeness (QED) is 0.217. The molecule has 0 amide bonds. The number of methoxy groups -OCH3 is 1. The summed E-state index contributed by atoms with van der Waals surface area (Å²) in [6.45, 7) is 2.19. The number of unbranched alkanes of at least 4 members (excludes halogenated alkanes) is 8. The Hall–Kier alpha value is -1.23.